The molecule has 0 bridgehead atoms. The van der Waals surface area contributed by atoms with Gasteiger partial charge in [0.05, 0.1) is 11.4 Å². The molecule has 0 spiro atoms. The zero-order valence-corrected chi connectivity index (χ0v) is 19.1. The third-order valence-electron chi connectivity index (χ3n) is 5.60. The molecule has 0 radical (unpaired) electrons. The Balaban J connectivity index is 0.000000336. The number of aryl methyl sites for hydroxylation is 2. The first-order valence-electron chi connectivity index (χ1n) is 10.1. The Morgan fingerprint density at radius 2 is 2.09 bits per heavy atom. The van der Waals surface area contributed by atoms with Crippen LogP contribution < -0.4 is 11.1 Å². The fourth-order valence-electron chi connectivity index (χ4n) is 3.41. The quantitative estimate of drug-likeness (QED) is 0.325. The summed E-state index contributed by atoms with van der Waals surface area (Å²) in [6, 6.07) is 7.15. The summed E-state index contributed by atoms with van der Waals surface area (Å²) in [5.74, 6) is -0.530. The minimum absolute atomic E-state index is 0.0445. The molecule has 1 aromatic heterocycles. The van der Waals surface area contributed by atoms with Crippen LogP contribution >= 0.6 is 0 Å². The number of alkyl halides is 2. The molecule has 0 saturated carbocycles. The summed E-state index contributed by atoms with van der Waals surface area (Å²) in [7, 11) is -3.57. The van der Waals surface area contributed by atoms with E-state index in [1.54, 1.807) is 6.92 Å². The molecule has 0 fully saturated rings. The first kappa shape index (κ1) is 25.4. The second-order valence-corrected chi connectivity index (χ2v) is 10.8. The molecule has 1 amide bonds. The van der Waals surface area contributed by atoms with Crippen LogP contribution in [0.3, 0.4) is 0 Å². The Labute approximate surface area is 186 Å². The second-order valence-electron chi connectivity index (χ2n) is 8.19. The molecule has 1 aromatic carbocycles. The Morgan fingerprint density at radius 3 is 2.59 bits per heavy atom. The molecule has 1 atom stereocenters. The second kappa shape index (κ2) is 10.2. The standard InChI is InChI=1S/C16H23N3O3S.C5H6F2N2/c1-16(2,15(17)18)23(21,22)9-12-5-3-4-11-6-7-13(19-10-20)8-14(11)12;1-4-2-3-9(8-4)5(6)7/h6-8,10,12H,3-5,9H2,1-2H3,(H3,17,18)(H,19,20);2-3,5H,1H3. The maximum absolute atomic E-state index is 12.7. The predicted octanol–water partition coefficient (Wildman–Crippen LogP) is 3.39. The number of benzene rings is 1. The van der Waals surface area contributed by atoms with Gasteiger partial charge in [-0.2, -0.15) is 13.9 Å². The largest absolute Gasteiger partial charge is 0.386 e. The molecule has 8 nitrogen and oxygen atoms in total. The van der Waals surface area contributed by atoms with Crippen LogP contribution in [0.15, 0.2) is 30.5 Å². The van der Waals surface area contributed by atoms with Crippen molar-refractivity contribution in [2.75, 3.05) is 11.1 Å². The Morgan fingerprint density at radius 1 is 1.41 bits per heavy atom. The van der Waals surface area contributed by atoms with Gasteiger partial charge < -0.3 is 11.1 Å². The van der Waals surface area contributed by atoms with Gasteiger partial charge in [-0.1, -0.05) is 6.07 Å². The molecule has 11 heteroatoms. The molecule has 0 saturated heterocycles. The topological polar surface area (TPSA) is 131 Å². The number of amidine groups is 1. The molecule has 4 N–H and O–H groups in total. The zero-order chi connectivity index (χ0) is 24.1. The number of fused-ring (bicyclic) bond motifs is 1. The number of halogens is 2. The predicted molar refractivity (Wildman–Crippen MR) is 120 cm³/mol. The van der Waals surface area contributed by atoms with Crippen LogP contribution in [0.2, 0.25) is 0 Å². The van der Waals surface area contributed by atoms with Gasteiger partial charge in [-0.15, -0.1) is 0 Å². The minimum atomic E-state index is -3.57. The number of nitrogens with one attached hydrogen (secondary N) is 2. The number of carbonyl (C=O) groups is 1. The SMILES string of the molecule is CC(C)(C(=N)N)S(=O)(=O)CC1CCCc2ccc(NC=O)cc21.Cc1ccn(C(F)F)n1. The van der Waals surface area contributed by atoms with Crippen molar-refractivity contribution in [1.82, 2.24) is 9.78 Å². The molecule has 1 aliphatic carbocycles. The molecule has 3 rings (SSSR count). The monoisotopic (exact) mass is 469 g/mol. The van der Waals surface area contributed by atoms with Crippen molar-refractivity contribution in [1.29, 1.82) is 5.41 Å². The van der Waals surface area contributed by atoms with E-state index in [0.717, 1.165) is 30.4 Å². The van der Waals surface area contributed by atoms with Crippen LogP contribution in [-0.2, 0) is 21.1 Å². The van der Waals surface area contributed by atoms with Crippen molar-refractivity contribution >= 4 is 27.8 Å². The lowest BCUT2D eigenvalue weighted by molar-refractivity contribution is -0.105. The van der Waals surface area contributed by atoms with E-state index in [9.17, 15) is 22.0 Å². The number of nitrogens with zero attached hydrogens (tertiary/aromatic N) is 2. The number of hydrogen-bond acceptors (Lipinski definition) is 5. The van der Waals surface area contributed by atoms with Gasteiger partial charge in [0, 0.05) is 11.9 Å². The van der Waals surface area contributed by atoms with E-state index in [4.69, 9.17) is 11.1 Å². The molecule has 1 unspecified atom stereocenters. The highest BCUT2D eigenvalue weighted by Gasteiger charge is 2.40. The number of amides is 1. The van der Waals surface area contributed by atoms with Gasteiger partial charge in [0.15, 0.2) is 9.84 Å². The lowest BCUT2D eigenvalue weighted by Gasteiger charge is -2.30. The smallest absolute Gasteiger partial charge is 0.333 e. The van der Waals surface area contributed by atoms with E-state index in [-0.39, 0.29) is 17.5 Å². The summed E-state index contributed by atoms with van der Waals surface area (Å²) in [5.41, 5.74) is 8.83. The number of aromatic nitrogens is 2. The fourth-order valence-corrected chi connectivity index (χ4v) is 5.04. The van der Waals surface area contributed by atoms with E-state index in [0.29, 0.717) is 22.5 Å². The summed E-state index contributed by atoms with van der Waals surface area (Å²) >= 11 is 0. The molecule has 32 heavy (non-hydrogen) atoms. The van der Waals surface area contributed by atoms with E-state index < -0.39 is 21.1 Å². The van der Waals surface area contributed by atoms with Gasteiger partial charge >= 0.3 is 6.55 Å². The van der Waals surface area contributed by atoms with E-state index in [1.165, 1.54) is 26.1 Å². The van der Waals surface area contributed by atoms with Crippen LogP contribution in [0.25, 0.3) is 0 Å². The Hall–Kier alpha value is -2.82. The van der Waals surface area contributed by atoms with Gasteiger partial charge in [0.2, 0.25) is 6.41 Å². The number of hydrogen-bond donors (Lipinski definition) is 3. The van der Waals surface area contributed by atoms with Crippen molar-refractivity contribution in [2.45, 2.75) is 57.2 Å². The van der Waals surface area contributed by atoms with Gasteiger partial charge in [0.1, 0.15) is 10.6 Å². The number of carbonyl (C=O) groups excluding carboxylic acids is 1. The molecule has 1 heterocycles. The van der Waals surface area contributed by atoms with Crippen LogP contribution in [0, 0.1) is 12.3 Å². The van der Waals surface area contributed by atoms with Gasteiger partial charge in [-0.05, 0) is 75.3 Å². The lowest BCUT2D eigenvalue weighted by atomic mass is 9.83. The summed E-state index contributed by atoms with van der Waals surface area (Å²) in [5, 5.41) is 13.6. The van der Waals surface area contributed by atoms with E-state index in [2.05, 4.69) is 10.4 Å². The minimum Gasteiger partial charge on any atom is -0.386 e. The van der Waals surface area contributed by atoms with Crippen molar-refractivity contribution in [3.8, 4) is 0 Å². The summed E-state index contributed by atoms with van der Waals surface area (Å²) in [6.45, 7) is 2.09. The number of rotatable bonds is 7. The average molecular weight is 470 g/mol. The fraction of sp³-hybridized carbons (Fsp3) is 0.476. The highest BCUT2D eigenvalue weighted by molar-refractivity contribution is 7.93. The first-order chi connectivity index (χ1) is 14.9. The van der Waals surface area contributed by atoms with Crippen LogP contribution in [-0.4, -0.2) is 40.9 Å². The average Bonchev–Trinajstić information content (AvgIpc) is 3.15. The first-order valence-corrected chi connectivity index (χ1v) is 11.7. The summed E-state index contributed by atoms with van der Waals surface area (Å²) in [6.07, 6.45) is 4.46. The maximum Gasteiger partial charge on any atom is 0.333 e. The molecule has 176 valence electrons. The third-order valence-corrected chi connectivity index (χ3v) is 8.21. The zero-order valence-electron chi connectivity index (χ0n) is 18.3. The number of anilines is 1. The van der Waals surface area contributed by atoms with E-state index >= 15 is 0 Å². The van der Waals surface area contributed by atoms with E-state index in [1.807, 2.05) is 18.2 Å². The third kappa shape index (κ3) is 5.90. The highest BCUT2D eigenvalue weighted by Crippen LogP contribution is 2.36. The number of nitrogens with two attached hydrogens (primary N) is 1. The van der Waals surface area contributed by atoms with Crippen molar-refractivity contribution < 1.29 is 22.0 Å². The molecular weight excluding hydrogens is 440 g/mol. The van der Waals surface area contributed by atoms with Crippen molar-refractivity contribution in [3.05, 3.63) is 47.3 Å². The normalized spacial score (nSPS) is 16.0. The van der Waals surface area contributed by atoms with Crippen molar-refractivity contribution in [3.63, 3.8) is 0 Å². The summed E-state index contributed by atoms with van der Waals surface area (Å²) in [4.78, 5) is 10.6. The number of sulfone groups is 1. The maximum atomic E-state index is 12.7. The highest BCUT2D eigenvalue weighted by atomic mass is 32.2. The molecule has 1 aliphatic rings. The Bertz CT molecular complexity index is 1070. The molecule has 0 aliphatic heterocycles. The van der Waals surface area contributed by atoms with Crippen LogP contribution in [0.5, 0.6) is 0 Å². The van der Waals surface area contributed by atoms with Crippen LogP contribution in [0.4, 0.5) is 14.5 Å². The van der Waals surface area contributed by atoms with Crippen molar-refractivity contribution in [2.24, 2.45) is 5.73 Å². The summed E-state index contributed by atoms with van der Waals surface area (Å²) < 4.78 is 48.0. The van der Waals surface area contributed by atoms with Gasteiger partial charge in [-0.25, -0.2) is 13.1 Å². The molecule has 2 aromatic rings. The van der Waals surface area contributed by atoms with Gasteiger partial charge in [0.25, 0.3) is 0 Å². The lowest BCUT2D eigenvalue weighted by Crippen LogP contribution is -2.46. The molecular formula is C21H29F2N5O3S. The Kier molecular flexibility index (Phi) is 8.11. The van der Waals surface area contributed by atoms with Gasteiger partial charge in [-0.3, -0.25) is 10.2 Å². The van der Waals surface area contributed by atoms with Crippen LogP contribution in [0.1, 0.15) is 56.0 Å².